The lowest BCUT2D eigenvalue weighted by atomic mass is 9.75. The van der Waals surface area contributed by atoms with Crippen LogP contribution in [0.4, 0.5) is 0 Å². The van der Waals surface area contributed by atoms with E-state index >= 15 is 0 Å². The summed E-state index contributed by atoms with van der Waals surface area (Å²) in [5.74, 6) is 0.955. The predicted molar refractivity (Wildman–Crippen MR) is 90.7 cm³/mol. The van der Waals surface area contributed by atoms with Crippen LogP contribution in [0.15, 0.2) is 0 Å². The van der Waals surface area contributed by atoms with Gasteiger partial charge in [-0.3, -0.25) is 4.90 Å². The molecule has 0 bridgehead atoms. The van der Waals surface area contributed by atoms with Crippen LogP contribution < -0.4 is 5.32 Å². The van der Waals surface area contributed by atoms with E-state index in [1.54, 1.807) is 0 Å². The standard InChI is InChI=1S/C19H36N2/c1-3-4-5-9-14-21-16-18(2,17-10-11-17)20-15-19(21)12-7-6-8-13-19/h17,20H,3-16H2,1-2H3. The van der Waals surface area contributed by atoms with Crippen molar-refractivity contribution in [3.8, 4) is 0 Å². The van der Waals surface area contributed by atoms with Gasteiger partial charge in [-0.15, -0.1) is 0 Å². The highest BCUT2D eigenvalue weighted by Gasteiger charge is 2.50. The molecule has 0 aromatic carbocycles. The molecule has 1 N–H and O–H groups in total. The van der Waals surface area contributed by atoms with Crippen molar-refractivity contribution >= 4 is 0 Å². The molecular formula is C19H36N2. The quantitative estimate of drug-likeness (QED) is 0.732. The lowest BCUT2D eigenvalue weighted by Crippen LogP contribution is -2.70. The average molecular weight is 293 g/mol. The van der Waals surface area contributed by atoms with E-state index in [2.05, 4.69) is 24.1 Å². The van der Waals surface area contributed by atoms with Crippen LogP contribution in [0.25, 0.3) is 0 Å². The second-order valence-electron chi connectivity index (χ2n) is 8.31. The Kier molecular flexibility index (Phi) is 4.95. The summed E-state index contributed by atoms with van der Waals surface area (Å²) in [7, 11) is 0. The summed E-state index contributed by atoms with van der Waals surface area (Å²) >= 11 is 0. The molecule has 3 fully saturated rings. The van der Waals surface area contributed by atoms with Crippen molar-refractivity contribution in [2.45, 2.75) is 95.6 Å². The Morgan fingerprint density at radius 2 is 1.81 bits per heavy atom. The van der Waals surface area contributed by atoms with Crippen molar-refractivity contribution in [3.63, 3.8) is 0 Å². The summed E-state index contributed by atoms with van der Waals surface area (Å²) in [6.07, 6.45) is 15.8. The fourth-order valence-electron chi connectivity index (χ4n) is 4.84. The number of piperazine rings is 1. The molecular weight excluding hydrogens is 256 g/mol. The minimum Gasteiger partial charge on any atom is -0.308 e. The Bertz CT molecular complexity index is 330. The van der Waals surface area contributed by atoms with Gasteiger partial charge in [0.05, 0.1) is 0 Å². The van der Waals surface area contributed by atoms with Crippen LogP contribution in [-0.4, -0.2) is 35.6 Å². The third kappa shape index (κ3) is 3.47. The maximum atomic E-state index is 4.01. The third-order valence-electron chi connectivity index (χ3n) is 6.56. The summed E-state index contributed by atoms with van der Waals surface area (Å²) in [6.45, 7) is 8.73. The van der Waals surface area contributed by atoms with E-state index in [4.69, 9.17) is 0 Å². The lowest BCUT2D eigenvalue weighted by molar-refractivity contribution is -0.0214. The molecule has 2 heteroatoms. The van der Waals surface area contributed by atoms with Gasteiger partial charge < -0.3 is 5.32 Å². The molecule has 1 spiro atoms. The van der Waals surface area contributed by atoms with Gasteiger partial charge in [0.2, 0.25) is 0 Å². The molecule has 3 rings (SSSR count). The van der Waals surface area contributed by atoms with Crippen LogP contribution in [-0.2, 0) is 0 Å². The molecule has 1 saturated heterocycles. The fourth-order valence-corrected chi connectivity index (χ4v) is 4.84. The van der Waals surface area contributed by atoms with E-state index in [0.717, 1.165) is 5.92 Å². The number of nitrogens with zero attached hydrogens (tertiary/aromatic N) is 1. The maximum Gasteiger partial charge on any atom is 0.0334 e. The Balaban J connectivity index is 1.64. The zero-order valence-corrected chi connectivity index (χ0v) is 14.4. The summed E-state index contributed by atoms with van der Waals surface area (Å²) in [5.41, 5.74) is 0.923. The highest BCUT2D eigenvalue weighted by Crippen LogP contribution is 2.45. The van der Waals surface area contributed by atoms with Gasteiger partial charge in [-0.25, -0.2) is 0 Å². The topological polar surface area (TPSA) is 15.3 Å². The van der Waals surface area contributed by atoms with Crippen molar-refractivity contribution in [2.24, 2.45) is 5.92 Å². The van der Waals surface area contributed by atoms with E-state index in [-0.39, 0.29) is 0 Å². The van der Waals surface area contributed by atoms with Crippen LogP contribution in [0.1, 0.15) is 84.5 Å². The molecule has 0 amide bonds. The highest BCUT2D eigenvalue weighted by molar-refractivity contribution is 5.09. The van der Waals surface area contributed by atoms with E-state index in [1.165, 1.54) is 90.3 Å². The van der Waals surface area contributed by atoms with Gasteiger partial charge >= 0.3 is 0 Å². The SMILES string of the molecule is CCCCCCN1CC(C)(C2CC2)NCC12CCCCC2. The lowest BCUT2D eigenvalue weighted by Gasteiger charge is -2.56. The first-order valence-corrected chi connectivity index (χ1v) is 9.69. The van der Waals surface area contributed by atoms with Gasteiger partial charge in [0.15, 0.2) is 0 Å². The second kappa shape index (κ2) is 6.58. The molecule has 2 aliphatic carbocycles. The van der Waals surface area contributed by atoms with Gasteiger partial charge in [0.25, 0.3) is 0 Å². The number of hydrogen-bond acceptors (Lipinski definition) is 2. The first-order valence-electron chi connectivity index (χ1n) is 9.69. The van der Waals surface area contributed by atoms with Crippen LogP contribution >= 0.6 is 0 Å². The molecule has 122 valence electrons. The van der Waals surface area contributed by atoms with Crippen LogP contribution in [0.3, 0.4) is 0 Å². The van der Waals surface area contributed by atoms with E-state index in [9.17, 15) is 0 Å². The van der Waals surface area contributed by atoms with Crippen molar-refractivity contribution in [1.82, 2.24) is 10.2 Å². The Hall–Kier alpha value is -0.0800. The van der Waals surface area contributed by atoms with Gasteiger partial charge in [0.1, 0.15) is 0 Å². The molecule has 1 aliphatic heterocycles. The Morgan fingerprint density at radius 3 is 2.48 bits per heavy atom. The largest absolute Gasteiger partial charge is 0.308 e. The van der Waals surface area contributed by atoms with Crippen molar-refractivity contribution < 1.29 is 0 Å². The predicted octanol–water partition coefficient (Wildman–Crippen LogP) is 4.34. The number of nitrogens with one attached hydrogen (secondary N) is 1. The van der Waals surface area contributed by atoms with Gasteiger partial charge in [-0.1, -0.05) is 45.4 Å². The first-order chi connectivity index (χ1) is 10.2. The number of hydrogen-bond donors (Lipinski definition) is 1. The molecule has 2 saturated carbocycles. The van der Waals surface area contributed by atoms with Crippen molar-refractivity contribution in [3.05, 3.63) is 0 Å². The third-order valence-corrected chi connectivity index (χ3v) is 6.56. The average Bonchev–Trinajstić information content (AvgIpc) is 3.34. The van der Waals surface area contributed by atoms with Gasteiger partial charge in [-0.05, 0) is 51.5 Å². The second-order valence-corrected chi connectivity index (χ2v) is 8.31. The minimum atomic E-state index is 0.410. The summed E-state index contributed by atoms with van der Waals surface area (Å²) in [4.78, 5) is 2.94. The summed E-state index contributed by atoms with van der Waals surface area (Å²) < 4.78 is 0. The zero-order valence-electron chi connectivity index (χ0n) is 14.4. The molecule has 1 atom stereocenters. The van der Waals surface area contributed by atoms with Gasteiger partial charge in [0, 0.05) is 24.2 Å². The molecule has 2 nitrogen and oxygen atoms in total. The van der Waals surface area contributed by atoms with E-state index in [0.29, 0.717) is 11.1 Å². The minimum absolute atomic E-state index is 0.410. The first kappa shape index (κ1) is 15.8. The molecule has 1 heterocycles. The number of unbranched alkanes of at least 4 members (excludes halogenated alkanes) is 3. The molecule has 21 heavy (non-hydrogen) atoms. The van der Waals surface area contributed by atoms with E-state index in [1.807, 2.05) is 0 Å². The van der Waals surface area contributed by atoms with E-state index < -0.39 is 0 Å². The maximum absolute atomic E-state index is 4.01. The van der Waals surface area contributed by atoms with Crippen molar-refractivity contribution in [2.75, 3.05) is 19.6 Å². The zero-order chi connectivity index (χ0) is 14.8. The molecule has 1 unspecified atom stereocenters. The fraction of sp³-hybridized carbons (Fsp3) is 1.00. The molecule has 3 aliphatic rings. The Morgan fingerprint density at radius 1 is 1.05 bits per heavy atom. The monoisotopic (exact) mass is 292 g/mol. The van der Waals surface area contributed by atoms with Crippen LogP contribution in [0, 0.1) is 5.92 Å². The molecule has 0 aromatic heterocycles. The highest BCUT2D eigenvalue weighted by atomic mass is 15.3. The van der Waals surface area contributed by atoms with Crippen LogP contribution in [0.5, 0.6) is 0 Å². The number of rotatable bonds is 6. The smallest absolute Gasteiger partial charge is 0.0334 e. The molecule has 0 radical (unpaired) electrons. The van der Waals surface area contributed by atoms with Crippen LogP contribution in [0.2, 0.25) is 0 Å². The molecule has 0 aromatic rings. The van der Waals surface area contributed by atoms with Gasteiger partial charge in [-0.2, -0.15) is 0 Å². The normalized spacial score (nSPS) is 33.4. The van der Waals surface area contributed by atoms with Crippen molar-refractivity contribution in [1.29, 1.82) is 0 Å². The Labute approximate surface area is 132 Å². The summed E-state index contributed by atoms with van der Waals surface area (Å²) in [5, 5.41) is 4.01. The summed E-state index contributed by atoms with van der Waals surface area (Å²) in [6, 6.07) is 0.